The van der Waals surface area contributed by atoms with E-state index in [1.54, 1.807) is 18.2 Å². The van der Waals surface area contributed by atoms with Crippen LogP contribution in [0.4, 0.5) is 5.69 Å². The van der Waals surface area contributed by atoms with Gasteiger partial charge in [0.1, 0.15) is 18.2 Å². The Hall–Kier alpha value is -3.04. The Morgan fingerprint density at radius 3 is 2.64 bits per heavy atom. The van der Waals surface area contributed by atoms with E-state index < -0.39 is 5.91 Å². The third-order valence-electron chi connectivity index (χ3n) is 3.93. The Kier molecular flexibility index (Phi) is 7.42. The summed E-state index contributed by atoms with van der Waals surface area (Å²) < 4.78 is 11.6. The van der Waals surface area contributed by atoms with Gasteiger partial charge in [-0.3, -0.25) is 4.79 Å². The number of nitriles is 1. The Bertz CT molecular complexity index is 974. The number of ether oxygens (including phenoxy) is 2. The van der Waals surface area contributed by atoms with Crippen molar-refractivity contribution in [2.75, 3.05) is 19.0 Å². The maximum Gasteiger partial charge on any atom is 0.266 e. The Labute approximate surface area is 173 Å². The van der Waals surface area contributed by atoms with Crippen molar-refractivity contribution in [1.82, 2.24) is 0 Å². The first kappa shape index (κ1) is 21.3. The molecular formula is C22H21BrN2O3. The molecule has 0 bridgehead atoms. The van der Waals surface area contributed by atoms with Crippen LogP contribution < -0.4 is 14.8 Å². The number of nitrogens with zero attached hydrogens (tertiary/aromatic N) is 1. The second-order valence-corrected chi connectivity index (χ2v) is 6.92. The van der Waals surface area contributed by atoms with E-state index in [-0.39, 0.29) is 5.57 Å². The summed E-state index contributed by atoms with van der Waals surface area (Å²) in [5.74, 6) is 0.542. The summed E-state index contributed by atoms with van der Waals surface area (Å²) in [5, 5.41) is 12.3. The molecule has 0 aromatic heterocycles. The van der Waals surface area contributed by atoms with E-state index in [4.69, 9.17) is 9.47 Å². The van der Waals surface area contributed by atoms with E-state index in [1.165, 1.54) is 13.2 Å². The maximum atomic E-state index is 12.6. The minimum Gasteiger partial charge on any atom is -0.493 e. The van der Waals surface area contributed by atoms with Crippen molar-refractivity contribution < 1.29 is 14.3 Å². The lowest BCUT2D eigenvalue weighted by atomic mass is 10.1. The van der Waals surface area contributed by atoms with Gasteiger partial charge in [0, 0.05) is 10.2 Å². The molecule has 0 unspecified atom stereocenters. The zero-order valence-electron chi connectivity index (χ0n) is 16.0. The van der Waals surface area contributed by atoms with Crippen molar-refractivity contribution in [3.8, 4) is 17.6 Å². The number of methoxy groups -OCH3 is 1. The summed E-state index contributed by atoms with van der Waals surface area (Å²) in [6.07, 6.45) is 3.13. The molecule has 2 rings (SSSR count). The maximum absolute atomic E-state index is 12.6. The number of nitrogens with one attached hydrogen (secondary N) is 1. The predicted molar refractivity (Wildman–Crippen MR) is 115 cm³/mol. The summed E-state index contributed by atoms with van der Waals surface area (Å²) in [5.41, 5.74) is 3.29. The van der Waals surface area contributed by atoms with Gasteiger partial charge < -0.3 is 14.8 Å². The van der Waals surface area contributed by atoms with Gasteiger partial charge in [0.2, 0.25) is 0 Å². The van der Waals surface area contributed by atoms with Gasteiger partial charge in [-0.05, 0) is 49.2 Å². The van der Waals surface area contributed by atoms with Crippen molar-refractivity contribution in [2.45, 2.75) is 13.8 Å². The Morgan fingerprint density at radius 2 is 2.04 bits per heavy atom. The molecule has 0 aliphatic heterocycles. The lowest BCUT2D eigenvalue weighted by Gasteiger charge is -2.12. The number of anilines is 1. The van der Waals surface area contributed by atoms with Crippen molar-refractivity contribution >= 4 is 33.6 Å². The molecule has 0 atom stereocenters. The molecule has 0 fully saturated rings. The van der Waals surface area contributed by atoms with Gasteiger partial charge >= 0.3 is 0 Å². The van der Waals surface area contributed by atoms with Gasteiger partial charge in [-0.15, -0.1) is 0 Å². The van der Waals surface area contributed by atoms with Crippen LogP contribution in [0.25, 0.3) is 6.08 Å². The van der Waals surface area contributed by atoms with Crippen molar-refractivity contribution in [1.29, 1.82) is 5.26 Å². The van der Waals surface area contributed by atoms with E-state index in [0.29, 0.717) is 33.8 Å². The smallest absolute Gasteiger partial charge is 0.266 e. The van der Waals surface area contributed by atoms with Crippen molar-refractivity contribution in [3.05, 3.63) is 69.7 Å². The number of aryl methyl sites for hydroxylation is 2. The van der Waals surface area contributed by atoms with Crippen LogP contribution in [0.5, 0.6) is 11.5 Å². The highest BCUT2D eigenvalue weighted by molar-refractivity contribution is 9.10. The summed E-state index contributed by atoms with van der Waals surface area (Å²) in [7, 11) is 1.52. The molecular weight excluding hydrogens is 420 g/mol. The lowest BCUT2D eigenvalue weighted by molar-refractivity contribution is -0.112. The number of rotatable bonds is 7. The number of amides is 1. The second kappa shape index (κ2) is 9.77. The molecule has 0 aliphatic rings. The van der Waals surface area contributed by atoms with Gasteiger partial charge in [0.05, 0.1) is 7.11 Å². The molecule has 5 nitrogen and oxygen atoms in total. The third kappa shape index (κ3) is 5.24. The number of carbonyl (C=O) groups is 1. The first-order valence-electron chi connectivity index (χ1n) is 8.51. The molecule has 1 N–H and O–H groups in total. The molecule has 0 saturated carbocycles. The Morgan fingerprint density at radius 1 is 1.29 bits per heavy atom. The number of benzene rings is 2. The average molecular weight is 441 g/mol. The highest BCUT2D eigenvalue weighted by Gasteiger charge is 2.14. The SMILES string of the molecule is C=CCOc1cc(Br)c(/C=C(\C#N)C(=O)Nc2ccc(C)cc2C)cc1OC. The molecule has 2 aromatic rings. The fourth-order valence-corrected chi connectivity index (χ4v) is 2.97. The molecule has 28 heavy (non-hydrogen) atoms. The number of hydrogen-bond acceptors (Lipinski definition) is 4. The molecule has 6 heteroatoms. The van der Waals surface area contributed by atoms with Crippen LogP contribution in [0.2, 0.25) is 0 Å². The standard InChI is InChI=1S/C22H21BrN2O3/c1-5-8-28-21-12-18(23)16(11-20(21)27-4)10-17(13-24)22(26)25-19-7-6-14(2)9-15(19)3/h5-7,9-12H,1,8H2,2-4H3,(H,25,26)/b17-10+. The van der Waals surface area contributed by atoms with Gasteiger partial charge in [0.25, 0.3) is 5.91 Å². The minimum atomic E-state index is -0.479. The number of carbonyl (C=O) groups excluding carboxylic acids is 1. The summed E-state index contributed by atoms with van der Waals surface area (Å²) in [6, 6.07) is 11.1. The van der Waals surface area contributed by atoms with Gasteiger partial charge in [-0.1, -0.05) is 46.3 Å². The van der Waals surface area contributed by atoms with Crippen molar-refractivity contribution in [3.63, 3.8) is 0 Å². The normalized spacial score (nSPS) is 10.8. The van der Waals surface area contributed by atoms with Crippen LogP contribution in [0.1, 0.15) is 16.7 Å². The second-order valence-electron chi connectivity index (χ2n) is 6.07. The topological polar surface area (TPSA) is 71.3 Å². The van der Waals surface area contributed by atoms with E-state index in [2.05, 4.69) is 27.8 Å². The van der Waals surface area contributed by atoms with Crippen LogP contribution in [0.3, 0.4) is 0 Å². The third-order valence-corrected chi connectivity index (χ3v) is 4.62. The number of halogens is 1. The predicted octanol–water partition coefficient (Wildman–Crippen LogP) is 5.19. The largest absolute Gasteiger partial charge is 0.493 e. The molecule has 144 valence electrons. The Balaban J connectivity index is 2.33. The van der Waals surface area contributed by atoms with Crippen LogP contribution in [0, 0.1) is 25.2 Å². The molecule has 1 amide bonds. The summed E-state index contributed by atoms with van der Waals surface area (Å²) in [4.78, 5) is 12.6. The molecule has 0 saturated heterocycles. The first-order chi connectivity index (χ1) is 13.4. The van der Waals surface area contributed by atoms with E-state index in [1.807, 2.05) is 38.1 Å². The lowest BCUT2D eigenvalue weighted by Crippen LogP contribution is -2.14. The van der Waals surface area contributed by atoms with Gasteiger partial charge in [-0.2, -0.15) is 5.26 Å². The highest BCUT2D eigenvalue weighted by Crippen LogP contribution is 2.34. The van der Waals surface area contributed by atoms with E-state index >= 15 is 0 Å². The molecule has 0 heterocycles. The highest BCUT2D eigenvalue weighted by atomic mass is 79.9. The number of hydrogen-bond donors (Lipinski definition) is 1. The summed E-state index contributed by atoms with van der Waals surface area (Å²) >= 11 is 3.45. The fourth-order valence-electron chi connectivity index (χ4n) is 2.53. The monoisotopic (exact) mass is 440 g/mol. The van der Waals surface area contributed by atoms with Crippen LogP contribution >= 0.6 is 15.9 Å². The van der Waals surface area contributed by atoms with Crippen LogP contribution in [-0.4, -0.2) is 19.6 Å². The van der Waals surface area contributed by atoms with Gasteiger partial charge in [-0.25, -0.2) is 0 Å². The van der Waals surface area contributed by atoms with Crippen LogP contribution in [0.15, 0.2) is 53.0 Å². The molecule has 0 aliphatic carbocycles. The quantitative estimate of drug-likeness (QED) is 0.365. The zero-order valence-corrected chi connectivity index (χ0v) is 17.6. The summed E-state index contributed by atoms with van der Waals surface area (Å²) in [6.45, 7) is 7.84. The van der Waals surface area contributed by atoms with E-state index in [9.17, 15) is 10.1 Å². The van der Waals surface area contributed by atoms with Crippen LogP contribution in [-0.2, 0) is 4.79 Å². The zero-order chi connectivity index (χ0) is 20.7. The molecule has 2 aromatic carbocycles. The fraction of sp³-hybridized carbons (Fsp3) is 0.182. The van der Waals surface area contributed by atoms with E-state index in [0.717, 1.165) is 11.1 Å². The van der Waals surface area contributed by atoms with Crippen molar-refractivity contribution in [2.24, 2.45) is 0 Å². The molecule has 0 radical (unpaired) electrons. The minimum absolute atomic E-state index is 0.0255. The molecule has 0 spiro atoms. The van der Waals surface area contributed by atoms with Gasteiger partial charge in [0.15, 0.2) is 11.5 Å². The average Bonchev–Trinajstić information content (AvgIpc) is 2.67. The first-order valence-corrected chi connectivity index (χ1v) is 9.30.